The Labute approximate surface area is 162 Å². The van der Waals surface area contributed by atoms with Gasteiger partial charge in [-0.3, -0.25) is 9.56 Å². The molecule has 3 heterocycles. The predicted molar refractivity (Wildman–Crippen MR) is 110 cm³/mol. The van der Waals surface area contributed by atoms with Crippen molar-refractivity contribution in [2.24, 2.45) is 16.8 Å². The fraction of sp³-hybridized carbons (Fsp3) is 0.571. The smallest absolute Gasteiger partial charge is 0.193 e. The van der Waals surface area contributed by atoms with Crippen LogP contribution in [0.4, 0.5) is 0 Å². The second-order valence-electron chi connectivity index (χ2n) is 7.34. The molecule has 0 bridgehead atoms. The minimum absolute atomic E-state index is 0.731. The van der Waals surface area contributed by atoms with E-state index in [2.05, 4.69) is 45.1 Å². The van der Waals surface area contributed by atoms with Crippen LogP contribution in [0.15, 0.2) is 35.7 Å². The van der Waals surface area contributed by atoms with E-state index in [1.54, 1.807) is 6.20 Å². The van der Waals surface area contributed by atoms with Crippen LogP contribution in [-0.4, -0.2) is 45.5 Å². The van der Waals surface area contributed by atoms with Gasteiger partial charge in [-0.2, -0.15) is 0 Å². The van der Waals surface area contributed by atoms with E-state index in [1.165, 1.54) is 19.3 Å². The molecular weight excluding hydrogens is 336 g/mol. The van der Waals surface area contributed by atoms with E-state index in [0.29, 0.717) is 0 Å². The summed E-state index contributed by atoms with van der Waals surface area (Å²) in [5.41, 5.74) is 1.15. The number of likely N-dealkylation sites (tertiary alicyclic amines) is 1. The molecule has 0 radical (unpaired) electrons. The largest absolute Gasteiger partial charge is 0.352 e. The molecule has 0 aromatic carbocycles. The maximum atomic E-state index is 4.57. The van der Waals surface area contributed by atoms with Gasteiger partial charge in [-0.1, -0.05) is 32.8 Å². The Hall–Kier alpha value is -2.37. The van der Waals surface area contributed by atoms with Crippen molar-refractivity contribution in [3.05, 3.63) is 42.1 Å². The lowest BCUT2D eigenvalue weighted by Gasteiger charge is -2.24. The van der Waals surface area contributed by atoms with E-state index in [0.717, 1.165) is 54.6 Å². The number of rotatable bonds is 6. The quantitative estimate of drug-likeness (QED) is 0.627. The van der Waals surface area contributed by atoms with Crippen LogP contribution in [-0.2, 0) is 6.54 Å². The monoisotopic (exact) mass is 368 g/mol. The molecule has 1 N–H and O–H groups in total. The first-order valence-electron chi connectivity index (χ1n) is 10.1. The Balaban J connectivity index is 1.56. The molecule has 1 aliphatic rings. The molecule has 2 aromatic heterocycles. The van der Waals surface area contributed by atoms with Crippen molar-refractivity contribution >= 4 is 5.96 Å². The number of aryl methyl sites for hydroxylation is 1. The first-order valence-corrected chi connectivity index (χ1v) is 10.1. The van der Waals surface area contributed by atoms with Crippen molar-refractivity contribution in [2.75, 3.05) is 20.1 Å². The molecule has 1 unspecified atom stereocenters. The number of hydrogen-bond donors (Lipinski definition) is 1. The average Bonchev–Trinajstić information content (AvgIpc) is 3.34. The Morgan fingerprint density at radius 2 is 2.11 bits per heavy atom. The molecule has 1 aliphatic heterocycles. The lowest BCUT2D eigenvalue weighted by atomic mass is 9.87. The Kier molecular flexibility index (Phi) is 6.48. The zero-order chi connectivity index (χ0) is 19.2. The third-order valence-electron chi connectivity index (χ3n) is 5.78. The van der Waals surface area contributed by atoms with Gasteiger partial charge in [-0.25, -0.2) is 9.97 Å². The van der Waals surface area contributed by atoms with E-state index in [9.17, 15) is 0 Å². The molecule has 27 heavy (non-hydrogen) atoms. The standard InChI is InChI=1S/C21H32N6/c1-5-18(6-2)19-9-11-26(15-19)21(22-4)25-14-17-7-8-20(24-13-17)27-12-10-23-16(27)3/h7-8,10,12-13,18-19H,5-6,9,11,14-15H2,1-4H3,(H,22,25). The van der Waals surface area contributed by atoms with Gasteiger partial charge < -0.3 is 10.2 Å². The highest BCUT2D eigenvalue weighted by Gasteiger charge is 2.29. The summed E-state index contributed by atoms with van der Waals surface area (Å²) in [5, 5.41) is 3.51. The van der Waals surface area contributed by atoms with Crippen molar-refractivity contribution < 1.29 is 0 Å². The summed E-state index contributed by atoms with van der Waals surface area (Å²) in [6, 6.07) is 4.15. The maximum absolute atomic E-state index is 4.57. The molecule has 2 aromatic rings. The molecular formula is C21H32N6. The van der Waals surface area contributed by atoms with Crippen LogP contribution in [0.2, 0.25) is 0 Å². The van der Waals surface area contributed by atoms with Gasteiger partial charge in [0.05, 0.1) is 0 Å². The number of aromatic nitrogens is 3. The summed E-state index contributed by atoms with van der Waals surface area (Å²) in [7, 11) is 1.87. The van der Waals surface area contributed by atoms with Crippen LogP contribution in [0.25, 0.3) is 5.82 Å². The highest BCUT2D eigenvalue weighted by molar-refractivity contribution is 5.80. The fourth-order valence-corrected chi connectivity index (χ4v) is 4.12. The Morgan fingerprint density at radius 1 is 1.30 bits per heavy atom. The summed E-state index contributed by atoms with van der Waals surface area (Å²) >= 11 is 0. The lowest BCUT2D eigenvalue weighted by molar-refractivity contribution is 0.319. The molecule has 6 heteroatoms. The molecule has 1 saturated heterocycles. The Morgan fingerprint density at radius 3 is 2.70 bits per heavy atom. The number of nitrogens with one attached hydrogen (secondary N) is 1. The zero-order valence-corrected chi connectivity index (χ0v) is 17.0. The molecule has 0 aliphatic carbocycles. The van der Waals surface area contributed by atoms with Gasteiger partial charge >= 0.3 is 0 Å². The topological polar surface area (TPSA) is 58.3 Å². The predicted octanol–water partition coefficient (Wildman–Crippen LogP) is 3.41. The number of imidazole rings is 1. The minimum atomic E-state index is 0.731. The van der Waals surface area contributed by atoms with Crippen LogP contribution in [0.3, 0.4) is 0 Å². The number of nitrogens with zero attached hydrogens (tertiary/aromatic N) is 5. The summed E-state index contributed by atoms with van der Waals surface area (Å²) in [6.07, 6.45) is 9.47. The molecule has 1 atom stereocenters. The summed E-state index contributed by atoms with van der Waals surface area (Å²) < 4.78 is 1.98. The molecule has 3 rings (SSSR count). The second kappa shape index (κ2) is 9.02. The lowest BCUT2D eigenvalue weighted by Crippen LogP contribution is -2.40. The third-order valence-corrected chi connectivity index (χ3v) is 5.78. The highest BCUT2D eigenvalue weighted by atomic mass is 15.3. The van der Waals surface area contributed by atoms with Gasteiger partial charge in [0, 0.05) is 45.3 Å². The van der Waals surface area contributed by atoms with E-state index in [1.807, 2.05) is 37.0 Å². The van der Waals surface area contributed by atoms with Crippen LogP contribution in [0.5, 0.6) is 0 Å². The summed E-state index contributed by atoms with van der Waals surface area (Å²) in [4.78, 5) is 15.7. The van der Waals surface area contributed by atoms with Crippen molar-refractivity contribution in [3.63, 3.8) is 0 Å². The Bertz CT molecular complexity index is 744. The first kappa shape index (κ1) is 19.4. The number of guanidine groups is 1. The van der Waals surface area contributed by atoms with E-state index >= 15 is 0 Å². The first-order chi connectivity index (χ1) is 13.2. The van der Waals surface area contributed by atoms with Gasteiger partial charge in [-0.05, 0) is 36.8 Å². The van der Waals surface area contributed by atoms with Crippen molar-refractivity contribution in [1.29, 1.82) is 0 Å². The van der Waals surface area contributed by atoms with Crippen LogP contribution in [0.1, 0.15) is 44.5 Å². The van der Waals surface area contributed by atoms with Crippen molar-refractivity contribution in [2.45, 2.75) is 46.6 Å². The number of aliphatic imine (C=N–C) groups is 1. The number of hydrogen-bond acceptors (Lipinski definition) is 3. The molecule has 0 amide bonds. The highest BCUT2D eigenvalue weighted by Crippen LogP contribution is 2.28. The van der Waals surface area contributed by atoms with Gasteiger partial charge in [0.25, 0.3) is 0 Å². The van der Waals surface area contributed by atoms with E-state index < -0.39 is 0 Å². The van der Waals surface area contributed by atoms with Gasteiger partial charge in [0.1, 0.15) is 11.6 Å². The molecule has 6 nitrogen and oxygen atoms in total. The SMILES string of the molecule is CCC(CC)C1CCN(C(=NC)NCc2ccc(-n3ccnc3C)nc2)C1. The van der Waals surface area contributed by atoms with Gasteiger partial charge in [-0.15, -0.1) is 0 Å². The normalized spacial score (nSPS) is 17.7. The van der Waals surface area contributed by atoms with E-state index in [-0.39, 0.29) is 0 Å². The average molecular weight is 369 g/mol. The minimum Gasteiger partial charge on any atom is -0.352 e. The summed E-state index contributed by atoms with van der Waals surface area (Å²) in [6.45, 7) is 9.54. The molecule has 0 spiro atoms. The van der Waals surface area contributed by atoms with E-state index in [4.69, 9.17) is 0 Å². The number of pyridine rings is 1. The molecule has 1 fully saturated rings. The van der Waals surface area contributed by atoms with Crippen molar-refractivity contribution in [1.82, 2.24) is 24.8 Å². The zero-order valence-electron chi connectivity index (χ0n) is 17.0. The molecule has 0 saturated carbocycles. The second-order valence-corrected chi connectivity index (χ2v) is 7.34. The van der Waals surface area contributed by atoms with Gasteiger partial charge in [0.2, 0.25) is 0 Å². The third kappa shape index (κ3) is 4.49. The maximum Gasteiger partial charge on any atom is 0.193 e. The van der Waals surface area contributed by atoms with Crippen molar-refractivity contribution in [3.8, 4) is 5.82 Å². The van der Waals surface area contributed by atoms with Crippen LogP contribution >= 0.6 is 0 Å². The fourth-order valence-electron chi connectivity index (χ4n) is 4.12. The van der Waals surface area contributed by atoms with Crippen LogP contribution in [0, 0.1) is 18.8 Å². The van der Waals surface area contributed by atoms with Gasteiger partial charge in [0.15, 0.2) is 5.96 Å². The summed E-state index contributed by atoms with van der Waals surface area (Å²) in [5.74, 6) is 4.45. The molecule has 146 valence electrons. The van der Waals surface area contributed by atoms with Crippen LogP contribution < -0.4 is 5.32 Å².